The molecule has 1 fully saturated rings. The third-order valence-electron chi connectivity index (χ3n) is 3.69. The van der Waals surface area contributed by atoms with E-state index in [4.69, 9.17) is 4.74 Å². The Kier molecular flexibility index (Phi) is 6.35. The molecular weight excluding hydrogens is 302 g/mol. The van der Waals surface area contributed by atoms with Crippen LogP contribution in [0.5, 0.6) is 0 Å². The minimum absolute atomic E-state index is 0.0711. The van der Waals surface area contributed by atoms with E-state index in [1.165, 1.54) is 11.3 Å². The SMILES string of the molecule is CC(NC(=O)c1cccs1)C(=O)N(C)CCN1CCOCC1. The number of carbonyl (C=O) groups is 2. The number of amides is 2. The fraction of sp³-hybridized carbons (Fsp3) is 0.600. The van der Waals surface area contributed by atoms with Crippen molar-refractivity contribution >= 4 is 23.2 Å². The lowest BCUT2D eigenvalue weighted by atomic mass is 10.2. The Morgan fingerprint density at radius 3 is 2.82 bits per heavy atom. The molecule has 1 atom stereocenters. The van der Waals surface area contributed by atoms with Crippen LogP contribution in [0.15, 0.2) is 17.5 Å². The van der Waals surface area contributed by atoms with E-state index in [2.05, 4.69) is 10.2 Å². The molecule has 2 rings (SSSR count). The largest absolute Gasteiger partial charge is 0.379 e. The van der Waals surface area contributed by atoms with E-state index >= 15 is 0 Å². The Labute approximate surface area is 135 Å². The monoisotopic (exact) mass is 325 g/mol. The van der Waals surface area contributed by atoms with E-state index in [-0.39, 0.29) is 11.8 Å². The van der Waals surface area contributed by atoms with Crippen LogP contribution in [-0.2, 0) is 9.53 Å². The van der Waals surface area contributed by atoms with Crippen molar-refractivity contribution in [3.63, 3.8) is 0 Å². The van der Waals surface area contributed by atoms with Gasteiger partial charge in [-0.25, -0.2) is 0 Å². The lowest BCUT2D eigenvalue weighted by Crippen LogP contribution is -2.48. The molecule has 0 aromatic carbocycles. The molecule has 22 heavy (non-hydrogen) atoms. The fourth-order valence-corrected chi connectivity index (χ4v) is 2.92. The zero-order valence-corrected chi connectivity index (χ0v) is 13.9. The van der Waals surface area contributed by atoms with E-state index in [0.717, 1.165) is 32.8 Å². The number of likely N-dealkylation sites (N-methyl/N-ethyl adjacent to an activating group) is 1. The van der Waals surface area contributed by atoms with Crippen LogP contribution in [0.1, 0.15) is 16.6 Å². The number of rotatable bonds is 6. The summed E-state index contributed by atoms with van der Waals surface area (Å²) in [7, 11) is 1.77. The van der Waals surface area contributed by atoms with E-state index in [0.29, 0.717) is 11.4 Å². The predicted molar refractivity (Wildman–Crippen MR) is 86.1 cm³/mol. The van der Waals surface area contributed by atoms with Crippen LogP contribution in [0.3, 0.4) is 0 Å². The smallest absolute Gasteiger partial charge is 0.261 e. The van der Waals surface area contributed by atoms with Crippen LogP contribution >= 0.6 is 11.3 Å². The minimum atomic E-state index is -0.524. The number of nitrogens with zero attached hydrogens (tertiary/aromatic N) is 2. The molecule has 7 heteroatoms. The highest BCUT2D eigenvalue weighted by Crippen LogP contribution is 2.08. The highest BCUT2D eigenvalue weighted by molar-refractivity contribution is 7.12. The van der Waals surface area contributed by atoms with Crippen LogP contribution in [0.25, 0.3) is 0 Å². The Balaban J connectivity index is 1.75. The van der Waals surface area contributed by atoms with Crippen molar-refractivity contribution in [2.75, 3.05) is 46.4 Å². The lowest BCUT2D eigenvalue weighted by molar-refractivity contribution is -0.131. The van der Waals surface area contributed by atoms with Crippen LogP contribution in [0.4, 0.5) is 0 Å². The summed E-state index contributed by atoms with van der Waals surface area (Å²) in [4.78, 5) is 28.8. The summed E-state index contributed by atoms with van der Waals surface area (Å²) in [5.74, 6) is -0.268. The molecular formula is C15H23N3O3S. The zero-order valence-electron chi connectivity index (χ0n) is 13.1. The highest BCUT2D eigenvalue weighted by Gasteiger charge is 2.21. The van der Waals surface area contributed by atoms with Gasteiger partial charge in [-0.05, 0) is 18.4 Å². The van der Waals surface area contributed by atoms with Crippen molar-refractivity contribution < 1.29 is 14.3 Å². The predicted octanol–water partition coefficient (Wildman–Crippen LogP) is 0.657. The molecule has 122 valence electrons. The minimum Gasteiger partial charge on any atom is -0.379 e. The number of nitrogens with one attached hydrogen (secondary N) is 1. The molecule has 1 unspecified atom stereocenters. The van der Waals surface area contributed by atoms with Crippen LogP contribution in [0, 0.1) is 0 Å². The molecule has 1 aliphatic heterocycles. The number of carbonyl (C=O) groups excluding carboxylic acids is 2. The highest BCUT2D eigenvalue weighted by atomic mass is 32.1. The van der Waals surface area contributed by atoms with E-state index in [1.807, 2.05) is 11.4 Å². The molecule has 0 spiro atoms. The molecule has 0 radical (unpaired) electrons. The maximum absolute atomic E-state index is 12.3. The Hall–Kier alpha value is -1.44. The van der Waals surface area contributed by atoms with Crippen molar-refractivity contribution in [1.29, 1.82) is 0 Å². The molecule has 6 nitrogen and oxygen atoms in total. The lowest BCUT2D eigenvalue weighted by Gasteiger charge is -2.29. The van der Waals surface area contributed by atoms with Crippen molar-refractivity contribution in [2.24, 2.45) is 0 Å². The van der Waals surface area contributed by atoms with Gasteiger partial charge in [-0.15, -0.1) is 11.3 Å². The summed E-state index contributed by atoms with van der Waals surface area (Å²) in [5, 5.41) is 4.59. The van der Waals surface area contributed by atoms with Crippen molar-refractivity contribution in [2.45, 2.75) is 13.0 Å². The van der Waals surface area contributed by atoms with E-state index in [1.54, 1.807) is 24.9 Å². The maximum atomic E-state index is 12.3. The van der Waals surface area contributed by atoms with Crippen LogP contribution in [0.2, 0.25) is 0 Å². The van der Waals surface area contributed by atoms with Crippen molar-refractivity contribution in [1.82, 2.24) is 15.1 Å². The summed E-state index contributed by atoms with van der Waals surface area (Å²) in [5.41, 5.74) is 0. The van der Waals surface area contributed by atoms with Crippen molar-refractivity contribution in [3.8, 4) is 0 Å². The topological polar surface area (TPSA) is 61.9 Å². The number of thiophene rings is 1. The second kappa shape index (κ2) is 8.26. The summed E-state index contributed by atoms with van der Waals surface area (Å²) in [6.45, 7) is 6.53. The van der Waals surface area contributed by atoms with E-state index in [9.17, 15) is 9.59 Å². The number of ether oxygens (including phenoxy) is 1. The van der Waals surface area contributed by atoms with Gasteiger partial charge in [0.05, 0.1) is 18.1 Å². The molecule has 1 saturated heterocycles. The quantitative estimate of drug-likeness (QED) is 0.834. The van der Waals surface area contributed by atoms with Crippen LogP contribution in [-0.4, -0.2) is 74.1 Å². The first-order valence-corrected chi connectivity index (χ1v) is 8.35. The Bertz CT molecular complexity index is 486. The second-order valence-corrected chi connectivity index (χ2v) is 6.33. The molecule has 0 aliphatic carbocycles. The first-order valence-electron chi connectivity index (χ1n) is 7.47. The molecule has 2 amide bonds. The summed E-state index contributed by atoms with van der Waals surface area (Å²) >= 11 is 1.37. The van der Waals surface area contributed by atoms with Gasteiger partial charge in [0.1, 0.15) is 6.04 Å². The van der Waals surface area contributed by atoms with Gasteiger partial charge in [0.25, 0.3) is 5.91 Å². The second-order valence-electron chi connectivity index (χ2n) is 5.39. The maximum Gasteiger partial charge on any atom is 0.261 e. The third kappa shape index (κ3) is 4.79. The van der Waals surface area contributed by atoms with E-state index < -0.39 is 6.04 Å². The number of morpholine rings is 1. The first kappa shape index (κ1) is 16.9. The molecule has 2 heterocycles. The average Bonchev–Trinajstić information content (AvgIpc) is 3.07. The third-order valence-corrected chi connectivity index (χ3v) is 4.56. The van der Waals surface area contributed by atoms with Gasteiger partial charge in [0.2, 0.25) is 5.91 Å². The van der Waals surface area contributed by atoms with Crippen LogP contribution < -0.4 is 5.32 Å². The molecule has 1 aromatic heterocycles. The molecule has 1 N–H and O–H groups in total. The summed E-state index contributed by atoms with van der Waals surface area (Å²) < 4.78 is 5.30. The number of hydrogen-bond donors (Lipinski definition) is 1. The van der Waals surface area contributed by atoms with Crippen molar-refractivity contribution in [3.05, 3.63) is 22.4 Å². The normalized spacial score (nSPS) is 17.0. The Morgan fingerprint density at radius 1 is 1.45 bits per heavy atom. The van der Waals surface area contributed by atoms with Gasteiger partial charge in [-0.1, -0.05) is 6.07 Å². The Morgan fingerprint density at radius 2 is 2.18 bits per heavy atom. The number of hydrogen-bond acceptors (Lipinski definition) is 5. The molecule has 1 aromatic rings. The average molecular weight is 325 g/mol. The first-order chi connectivity index (χ1) is 10.6. The summed E-state index contributed by atoms with van der Waals surface area (Å²) in [6.07, 6.45) is 0. The zero-order chi connectivity index (χ0) is 15.9. The fourth-order valence-electron chi connectivity index (χ4n) is 2.29. The van der Waals surface area contributed by atoms with Gasteiger partial charge >= 0.3 is 0 Å². The summed E-state index contributed by atoms with van der Waals surface area (Å²) in [6, 6.07) is 3.05. The molecule has 0 bridgehead atoms. The van der Waals surface area contributed by atoms with Gasteiger partial charge in [0, 0.05) is 33.2 Å². The van der Waals surface area contributed by atoms with Gasteiger partial charge in [-0.2, -0.15) is 0 Å². The standard InChI is InChI=1S/C15H23N3O3S/c1-12(16-14(19)13-4-3-11-22-13)15(20)17(2)5-6-18-7-9-21-10-8-18/h3-4,11-12H,5-10H2,1-2H3,(H,16,19). The molecule has 0 saturated carbocycles. The molecule has 1 aliphatic rings. The van der Waals surface area contributed by atoms with Gasteiger partial charge < -0.3 is 15.0 Å². The van der Waals surface area contributed by atoms with Gasteiger partial charge in [-0.3, -0.25) is 14.5 Å². The van der Waals surface area contributed by atoms with Gasteiger partial charge in [0.15, 0.2) is 0 Å².